The van der Waals surface area contributed by atoms with Gasteiger partial charge in [-0.25, -0.2) is 0 Å². The third-order valence-electron chi connectivity index (χ3n) is 3.06. The fourth-order valence-corrected chi connectivity index (χ4v) is 2.72. The molecular weight excluding hydrogens is 303 g/mol. The Bertz CT molecular complexity index is 456. The van der Waals surface area contributed by atoms with Crippen molar-refractivity contribution in [1.29, 1.82) is 0 Å². The number of nitrogens with one attached hydrogen (secondary N) is 1. The Hall–Kier alpha value is -0.420. The largest absolute Gasteiger partial charge is 0.336 e. The first-order chi connectivity index (χ1) is 8.61. The van der Waals surface area contributed by atoms with Crippen LogP contribution in [0.4, 0.5) is 0 Å². The highest BCUT2D eigenvalue weighted by atomic mass is 35.5. The Balaban J connectivity index is 0.00000180. The summed E-state index contributed by atoms with van der Waals surface area (Å²) in [6.45, 7) is 4.40. The van der Waals surface area contributed by atoms with Gasteiger partial charge in [0.2, 0.25) is 0 Å². The van der Waals surface area contributed by atoms with E-state index in [1.54, 1.807) is 17.8 Å². The SMILES string of the molecule is CSc1ccc(Cl)c(C(=O)N2CCN[C@@H](C)C2)c1.Cl. The number of carbonyl (C=O) groups excluding carboxylic acids is 1. The average Bonchev–Trinajstić information content (AvgIpc) is 2.38. The van der Waals surface area contributed by atoms with Crippen molar-refractivity contribution in [3.8, 4) is 0 Å². The number of thioether (sulfide) groups is 1. The molecule has 1 aliphatic rings. The number of hydrogen-bond donors (Lipinski definition) is 1. The highest BCUT2D eigenvalue weighted by Gasteiger charge is 2.23. The molecule has 6 heteroatoms. The summed E-state index contributed by atoms with van der Waals surface area (Å²) >= 11 is 7.75. The zero-order chi connectivity index (χ0) is 13.1. The molecule has 0 saturated carbocycles. The number of benzene rings is 1. The molecule has 1 amide bonds. The maximum atomic E-state index is 12.4. The number of hydrogen-bond acceptors (Lipinski definition) is 3. The molecule has 1 fully saturated rings. The first-order valence-electron chi connectivity index (χ1n) is 5.98. The minimum Gasteiger partial charge on any atom is -0.336 e. The van der Waals surface area contributed by atoms with Crippen molar-refractivity contribution in [3.63, 3.8) is 0 Å². The molecule has 0 unspecified atom stereocenters. The third-order valence-corrected chi connectivity index (χ3v) is 4.11. The van der Waals surface area contributed by atoms with Crippen molar-refractivity contribution < 1.29 is 4.79 Å². The molecule has 19 heavy (non-hydrogen) atoms. The number of amides is 1. The van der Waals surface area contributed by atoms with E-state index in [0.717, 1.165) is 24.5 Å². The molecule has 3 nitrogen and oxygen atoms in total. The van der Waals surface area contributed by atoms with Gasteiger partial charge < -0.3 is 10.2 Å². The zero-order valence-electron chi connectivity index (χ0n) is 11.0. The summed E-state index contributed by atoms with van der Waals surface area (Å²) in [6.07, 6.45) is 1.99. The highest BCUT2D eigenvalue weighted by Crippen LogP contribution is 2.24. The summed E-state index contributed by atoms with van der Waals surface area (Å²) in [4.78, 5) is 15.4. The first kappa shape index (κ1) is 16.6. The molecule has 1 atom stereocenters. The van der Waals surface area contributed by atoms with Crippen LogP contribution >= 0.6 is 35.8 Å². The number of carbonyl (C=O) groups is 1. The summed E-state index contributed by atoms with van der Waals surface area (Å²) in [5, 5.41) is 3.86. The fourth-order valence-electron chi connectivity index (χ4n) is 2.08. The van der Waals surface area contributed by atoms with E-state index < -0.39 is 0 Å². The van der Waals surface area contributed by atoms with E-state index in [0.29, 0.717) is 16.6 Å². The monoisotopic (exact) mass is 320 g/mol. The Morgan fingerprint density at radius 3 is 2.89 bits per heavy atom. The number of rotatable bonds is 2. The molecule has 1 aromatic carbocycles. The molecule has 1 saturated heterocycles. The quantitative estimate of drug-likeness (QED) is 0.850. The van der Waals surface area contributed by atoms with Crippen LogP contribution in [0.1, 0.15) is 17.3 Å². The van der Waals surface area contributed by atoms with Crippen LogP contribution in [0, 0.1) is 0 Å². The predicted octanol–water partition coefficient (Wildman–Crippen LogP) is 2.92. The van der Waals surface area contributed by atoms with Crippen LogP contribution in [0.5, 0.6) is 0 Å². The molecule has 1 aromatic rings. The smallest absolute Gasteiger partial charge is 0.255 e. The maximum Gasteiger partial charge on any atom is 0.255 e. The zero-order valence-corrected chi connectivity index (χ0v) is 13.4. The topological polar surface area (TPSA) is 32.3 Å². The van der Waals surface area contributed by atoms with E-state index in [4.69, 9.17) is 11.6 Å². The molecule has 106 valence electrons. The molecule has 0 radical (unpaired) electrons. The van der Waals surface area contributed by atoms with E-state index in [-0.39, 0.29) is 18.3 Å². The van der Waals surface area contributed by atoms with Gasteiger partial charge in [-0.3, -0.25) is 4.79 Å². The molecule has 0 aromatic heterocycles. The van der Waals surface area contributed by atoms with Gasteiger partial charge >= 0.3 is 0 Å². The van der Waals surface area contributed by atoms with E-state index in [1.807, 2.05) is 23.3 Å². The van der Waals surface area contributed by atoms with Gasteiger partial charge in [0.25, 0.3) is 5.91 Å². The molecular formula is C13H18Cl2N2OS. The van der Waals surface area contributed by atoms with Gasteiger partial charge in [-0.15, -0.1) is 24.2 Å². The van der Waals surface area contributed by atoms with Gasteiger partial charge in [-0.1, -0.05) is 11.6 Å². The van der Waals surface area contributed by atoms with Crippen LogP contribution in [0.2, 0.25) is 5.02 Å². The van der Waals surface area contributed by atoms with Crippen LogP contribution in [0.25, 0.3) is 0 Å². The minimum absolute atomic E-state index is 0. The second-order valence-corrected chi connectivity index (χ2v) is 5.74. The second kappa shape index (κ2) is 7.39. The average molecular weight is 321 g/mol. The lowest BCUT2D eigenvalue weighted by atomic mass is 10.1. The Morgan fingerprint density at radius 2 is 2.26 bits per heavy atom. The molecule has 2 rings (SSSR count). The summed E-state index contributed by atoms with van der Waals surface area (Å²) in [5.41, 5.74) is 0.609. The molecule has 0 spiro atoms. The summed E-state index contributed by atoms with van der Waals surface area (Å²) in [7, 11) is 0. The summed E-state index contributed by atoms with van der Waals surface area (Å²) in [5.74, 6) is 0.0317. The van der Waals surface area contributed by atoms with Gasteiger partial charge in [0.15, 0.2) is 0 Å². The molecule has 1 N–H and O–H groups in total. The number of nitrogens with zero attached hydrogens (tertiary/aromatic N) is 1. The van der Waals surface area contributed by atoms with Gasteiger partial charge in [0, 0.05) is 30.6 Å². The normalized spacial score (nSPS) is 18.9. The van der Waals surface area contributed by atoms with Crippen LogP contribution < -0.4 is 5.32 Å². The standard InChI is InChI=1S/C13H17ClN2OS.ClH/c1-9-8-16(6-5-15-9)13(17)11-7-10(18-2)3-4-12(11)14;/h3-4,7,9,15H,5-6,8H2,1-2H3;1H/t9-;/m0./s1. The Labute approximate surface area is 129 Å². The van der Waals surface area contributed by atoms with Crippen LogP contribution in [-0.4, -0.2) is 42.7 Å². The third kappa shape index (κ3) is 4.02. The molecule has 1 aliphatic heterocycles. The Kier molecular flexibility index (Phi) is 6.47. The highest BCUT2D eigenvalue weighted by molar-refractivity contribution is 7.98. The van der Waals surface area contributed by atoms with Crippen molar-refractivity contribution in [3.05, 3.63) is 28.8 Å². The van der Waals surface area contributed by atoms with E-state index in [2.05, 4.69) is 12.2 Å². The number of piperazine rings is 1. The fraction of sp³-hybridized carbons (Fsp3) is 0.462. The second-order valence-electron chi connectivity index (χ2n) is 4.45. The van der Waals surface area contributed by atoms with E-state index >= 15 is 0 Å². The first-order valence-corrected chi connectivity index (χ1v) is 7.58. The van der Waals surface area contributed by atoms with Crippen molar-refractivity contribution in [2.75, 3.05) is 25.9 Å². The van der Waals surface area contributed by atoms with E-state index in [1.165, 1.54) is 0 Å². The lowest BCUT2D eigenvalue weighted by Crippen LogP contribution is -2.51. The van der Waals surface area contributed by atoms with Gasteiger partial charge in [0.05, 0.1) is 10.6 Å². The lowest BCUT2D eigenvalue weighted by Gasteiger charge is -2.32. The van der Waals surface area contributed by atoms with Crippen molar-refractivity contribution >= 4 is 41.7 Å². The van der Waals surface area contributed by atoms with Crippen LogP contribution in [-0.2, 0) is 0 Å². The molecule has 0 bridgehead atoms. The maximum absolute atomic E-state index is 12.4. The molecule has 1 heterocycles. The summed E-state index contributed by atoms with van der Waals surface area (Å²) in [6, 6.07) is 5.95. The van der Waals surface area contributed by atoms with Gasteiger partial charge in [-0.05, 0) is 31.4 Å². The van der Waals surface area contributed by atoms with Crippen molar-refractivity contribution in [2.24, 2.45) is 0 Å². The predicted molar refractivity (Wildman–Crippen MR) is 83.8 cm³/mol. The minimum atomic E-state index is 0. The van der Waals surface area contributed by atoms with E-state index in [9.17, 15) is 4.79 Å². The van der Waals surface area contributed by atoms with Crippen molar-refractivity contribution in [2.45, 2.75) is 17.9 Å². The van der Waals surface area contributed by atoms with Gasteiger partial charge in [0.1, 0.15) is 0 Å². The lowest BCUT2D eigenvalue weighted by molar-refractivity contribution is 0.0709. The summed E-state index contributed by atoms with van der Waals surface area (Å²) < 4.78 is 0. The number of halogens is 2. The van der Waals surface area contributed by atoms with Gasteiger partial charge in [-0.2, -0.15) is 0 Å². The van der Waals surface area contributed by atoms with Crippen molar-refractivity contribution in [1.82, 2.24) is 10.2 Å². The molecule has 0 aliphatic carbocycles. The van der Waals surface area contributed by atoms with Crippen LogP contribution in [0.3, 0.4) is 0 Å². The Morgan fingerprint density at radius 1 is 1.53 bits per heavy atom. The van der Waals surface area contributed by atoms with Crippen LogP contribution in [0.15, 0.2) is 23.1 Å².